The van der Waals surface area contributed by atoms with Gasteiger partial charge in [-0.1, -0.05) is 19.1 Å². The van der Waals surface area contributed by atoms with Gasteiger partial charge >= 0.3 is 0 Å². The molecule has 2 aromatic rings. The smallest absolute Gasteiger partial charge is 0.248 e. The Balaban J connectivity index is 2.36. The summed E-state index contributed by atoms with van der Waals surface area (Å²) in [6.07, 6.45) is 3.35. The second kappa shape index (κ2) is 9.84. The average Bonchev–Trinajstić information content (AvgIpc) is 2.66. The summed E-state index contributed by atoms with van der Waals surface area (Å²) in [6, 6.07) is 13.3. The van der Waals surface area contributed by atoms with E-state index in [2.05, 4.69) is 5.32 Å². The molecule has 1 amide bonds. The topological polar surface area (TPSA) is 75.7 Å². The number of nitrogens with zero attached hydrogens (tertiary/aromatic N) is 1. The molecule has 0 heterocycles. The van der Waals surface area contributed by atoms with Crippen LogP contribution < -0.4 is 14.4 Å². The Hall–Kier alpha value is -2.19. The second-order valence-electron chi connectivity index (χ2n) is 6.10. The van der Waals surface area contributed by atoms with Crippen LogP contribution in [0, 0.1) is 0 Å². The molecule has 0 aliphatic rings. The first kappa shape index (κ1) is 22.1. The van der Waals surface area contributed by atoms with Gasteiger partial charge in [0.1, 0.15) is 11.8 Å². The molecule has 2 aromatic carbocycles. The van der Waals surface area contributed by atoms with Crippen molar-refractivity contribution in [2.45, 2.75) is 31.2 Å². The van der Waals surface area contributed by atoms with Crippen LogP contribution in [0.1, 0.15) is 20.3 Å². The van der Waals surface area contributed by atoms with Gasteiger partial charge in [-0.3, -0.25) is 9.10 Å². The van der Waals surface area contributed by atoms with Gasteiger partial charge in [-0.05, 0) is 56.0 Å². The quantitative estimate of drug-likeness (QED) is 0.619. The van der Waals surface area contributed by atoms with Crippen molar-refractivity contribution in [3.63, 3.8) is 0 Å². The van der Waals surface area contributed by atoms with Gasteiger partial charge in [-0.25, -0.2) is 8.42 Å². The molecule has 6 nitrogen and oxygen atoms in total. The number of rotatable bonds is 9. The second-order valence-corrected chi connectivity index (χ2v) is 8.81. The van der Waals surface area contributed by atoms with E-state index in [1.54, 1.807) is 37.3 Å². The van der Waals surface area contributed by atoms with Gasteiger partial charge in [0, 0.05) is 4.90 Å². The Labute approximate surface area is 171 Å². The number of ether oxygens (including phenoxy) is 1. The first-order chi connectivity index (χ1) is 13.3. The molecule has 0 saturated heterocycles. The minimum atomic E-state index is -3.68. The van der Waals surface area contributed by atoms with Crippen LogP contribution in [0.4, 0.5) is 11.4 Å². The highest BCUT2D eigenvalue weighted by Crippen LogP contribution is 2.28. The van der Waals surface area contributed by atoms with Crippen LogP contribution in [0.15, 0.2) is 53.4 Å². The molecule has 0 aliphatic heterocycles. The molecule has 0 fully saturated rings. The minimum Gasteiger partial charge on any atom is -0.494 e. The number of nitrogens with one attached hydrogen (secondary N) is 1. The van der Waals surface area contributed by atoms with Crippen LogP contribution in [0.25, 0.3) is 0 Å². The van der Waals surface area contributed by atoms with Gasteiger partial charge in [-0.15, -0.1) is 11.8 Å². The van der Waals surface area contributed by atoms with Gasteiger partial charge in [0.2, 0.25) is 15.9 Å². The van der Waals surface area contributed by atoms with Crippen molar-refractivity contribution in [3.05, 3.63) is 48.5 Å². The predicted octanol–water partition coefficient (Wildman–Crippen LogP) is 3.99. The molecule has 0 spiro atoms. The number of carbonyl (C=O) groups excluding carboxylic acids is 1. The molecule has 1 N–H and O–H groups in total. The predicted molar refractivity (Wildman–Crippen MR) is 116 cm³/mol. The van der Waals surface area contributed by atoms with E-state index >= 15 is 0 Å². The fraction of sp³-hybridized carbons (Fsp3) is 0.350. The highest BCUT2D eigenvalue weighted by atomic mass is 32.2. The van der Waals surface area contributed by atoms with Gasteiger partial charge < -0.3 is 10.1 Å². The van der Waals surface area contributed by atoms with E-state index in [9.17, 15) is 13.2 Å². The first-order valence-corrected chi connectivity index (χ1v) is 12.0. The summed E-state index contributed by atoms with van der Waals surface area (Å²) < 4.78 is 31.6. The zero-order chi connectivity index (χ0) is 20.7. The molecule has 1 atom stereocenters. The van der Waals surface area contributed by atoms with Crippen LogP contribution in [0.3, 0.4) is 0 Å². The van der Waals surface area contributed by atoms with E-state index < -0.39 is 16.1 Å². The molecule has 2 rings (SSSR count). The van der Waals surface area contributed by atoms with E-state index in [1.165, 1.54) is 16.1 Å². The maximum Gasteiger partial charge on any atom is 0.248 e. The third-order valence-electron chi connectivity index (χ3n) is 4.10. The highest BCUT2D eigenvalue weighted by Gasteiger charge is 2.31. The standard InChI is InChI=1S/C20H26N2O4S2/c1-5-18(20(23)21-17-9-7-8-10-19(17)27-3)22(28(4,24)25)15-11-13-16(14-12-15)26-6-2/h7-14,18H,5-6H2,1-4H3,(H,21,23). The van der Waals surface area contributed by atoms with Crippen LogP contribution in [-0.2, 0) is 14.8 Å². The molecule has 0 aliphatic carbocycles. The highest BCUT2D eigenvalue weighted by molar-refractivity contribution is 7.98. The van der Waals surface area contributed by atoms with E-state index in [4.69, 9.17) is 4.74 Å². The Bertz CT molecular complexity index is 899. The number of para-hydroxylation sites is 1. The Kier molecular flexibility index (Phi) is 7.77. The van der Waals surface area contributed by atoms with Crippen LogP contribution in [-0.4, -0.2) is 39.5 Å². The maximum absolute atomic E-state index is 13.0. The van der Waals surface area contributed by atoms with Crippen molar-refractivity contribution in [3.8, 4) is 5.75 Å². The van der Waals surface area contributed by atoms with Crippen molar-refractivity contribution < 1.29 is 17.9 Å². The monoisotopic (exact) mass is 422 g/mol. The molecule has 0 radical (unpaired) electrons. The average molecular weight is 423 g/mol. The fourth-order valence-electron chi connectivity index (χ4n) is 2.88. The van der Waals surface area contributed by atoms with Crippen molar-refractivity contribution in [1.29, 1.82) is 0 Å². The number of hydrogen-bond donors (Lipinski definition) is 1. The molecule has 0 saturated carbocycles. The SMILES string of the molecule is CCOc1ccc(N(C(CC)C(=O)Nc2ccccc2SC)S(C)(=O)=O)cc1. The summed E-state index contributed by atoms with van der Waals surface area (Å²) in [7, 11) is -3.68. The number of sulfonamides is 1. The third kappa shape index (κ3) is 5.42. The fourth-order valence-corrected chi connectivity index (χ4v) is 4.65. The van der Waals surface area contributed by atoms with Crippen LogP contribution in [0.2, 0.25) is 0 Å². The van der Waals surface area contributed by atoms with Crippen molar-refractivity contribution in [2.24, 2.45) is 0 Å². The van der Waals surface area contributed by atoms with Crippen LogP contribution >= 0.6 is 11.8 Å². The van der Waals surface area contributed by atoms with Gasteiger partial charge in [0.15, 0.2) is 0 Å². The van der Waals surface area contributed by atoms with E-state index in [1.807, 2.05) is 31.4 Å². The zero-order valence-electron chi connectivity index (χ0n) is 16.5. The molecular weight excluding hydrogens is 396 g/mol. The molecule has 0 aromatic heterocycles. The lowest BCUT2D eigenvalue weighted by atomic mass is 10.1. The van der Waals surface area contributed by atoms with Crippen molar-refractivity contribution in [2.75, 3.05) is 28.7 Å². The number of anilines is 2. The molecular formula is C20H26N2O4S2. The summed E-state index contributed by atoms with van der Waals surface area (Å²) >= 11 is 1.51. The van der Waals surface area contributed by atoms with Crippen molar-refractivity contribution >= 4 is 39.1 Å². The lowest BCUT2D eigenvalue weighted by Crippen LogP contribution is -2.47. The lowest BCUT2D eigenvalue weighted by molar-refractivity contribution is -0.117. The summed E-state index contributed by atoms with van der Waals surface area (Å²) in [5, 5.41) is 2.88. The molecule has 1 unspecified atom stereocenters. The summed E-state index contributed by atoms with van der Waals surface area (Å²) in [6.45, 7) is 4.18. The Morgan fingerprint density at radius 1 is 1.14 bits per heavy atom. The number of carbonyl (C=O) groups is 1. The van der Waals surface area contributed by atoms with Gasteiger partial charge in [0.25, 0.3) is 0 Å². The zero-order valence-corrected chi connectivity index (χ0v) is 18.1. The summed E-state index contributed by atoms with van der Waals surface area (Å²) in [4.78, 5) is 13.9. The lowest BCUT2D eigenvalue weighted by Gasteiger charge is -2.30. The number of hydrogen-bond acceptors (Lipinski definition) is 5. The third-order valence-corrected chi connectivity index (χ3v) is 6.07. The summed E-state index contributed by atoms with van der Waals surface area (Å²) in [5.74, 6) is 0.273. The number of benzene rings is 2. The van der Waals surface area contributed by atoms with Crippen molar-refractivity contribution in [1.82, 2.24) is 0 Å². The van der Waals surface area contributed by atoms with Crippen LogP contribution in [0.5, 0.6) is 5.75 Å². The largest absolute Gasteiger partial charge is 0.494 e. The van der Waals surface area contributed by atoms with E-state index in [0.29, 0.717) is 30.2 Å². The Morgan fingerprint density at radius 3 is 2.32 bits per heavy atom. The molecule has 152 valence electrons. The van der Waals surface area contributed by atoms with Gasteiger partial charge in [-0.2, -0.15) is 0 Å². The summed E-state index contributed by atoms with van der Waals surface area (Å²) in [5.41, 5.74) is 1.09. The minimum absolute atomic E-state index is 0.327. The number of amides is 1. The molecule has 8 heteroatoms. The first-order valence-electron chi connectivity index (χ1n) is 8.98. The normalized spacial score (nSPS) is 12.3. The van der Waals surface area contributed by atoms with E-state index in [-0.39, 0.29) is 5.91 Å². The van der Waals surface area contributed by atoms with E-state index in [0.717, 1.165) is 11.2 Å². The Morgan fingerprint density at radius 2 is 1.79 bits per heavy atom. The maximum atomic E-state index is 13.0. The molecule has 0 bridgehead atoms. The van der Waals surface area contributed by atoms with Gasteiger partial charge in [0.05, 0.1) is 24.2 Å². The molecule has 28 heavy (non-hydrogen) atoms. The number of thioether (sulfide) groups is 1.